The number of nitrogens with two attached hydrogens (primary N) is 1. The van der Waals surface area contributed by atoms with Crippen LogP contribution in [-0.4, -0.2) is 19.2 Å². The molecule has 4 heteroatoms. The number of benzene rings is 2. The van der Waals surface area contributed by atoms with Crippen LogP contribution in [-0.2, 0) is 17.8 Å². The van der Waals surface area contributed by atoms with Gasteiger partial charge in [0.15, 0.2) is 0 Å². The van der Waals surface area contributed by atoms with Crippen LogP contribution in [0.4, 0.5) is 4.79 Å². The van der Waals surface area contributed by atoms with Crippen molar-refractivity contribution in [1.82, 2.24) is 5.32 Å². The van der Waals surface area contributed by atoms with E-state index >= 15 is 0 Å². The second-order valence-corrected chi connectivity index (χ2v) is 5.46. The topological polar surface area (TPSA) is 64.3 Å². The normalized spacial score (nSPS) is 10.7. The van der Waals surface area contributed by atoms with Crippen molar-refractivity contribution in [3.63, 3.8) is 0 Å². The van der Waals surface area contributed by atoms with Crippen LogP contribution in [0.1, 0.15) is 23.1 Å². The molecule has 0 aliphatic carbocycles. The van der Waals surface area contributed by atoms with Gasteiger partial charge in [0.1, 0.15) is 6.61 Å². The Morgan fingerprint density at radius 1 is 1.08 bits per heavy atom. The first-order chi connectivity index (χ1) is 11.8. The minimum atomic E-state index is -0.391. The molecule has 2 aromatic rings. The van der Waals surface area contributed by atoms with Gasteiger partial charge in [-0.05, 0) is 36.1 Å². The van der Waals surface area contributed by atoms with E-state index in [1.165, 1.54) is 5.56 Å². The molecule has 0 bridgehead atoms. The molecule has 0 aliphatic heterocycles. The third-order valence-electron chi connectivity index (χ3n) is 3.49. The van der Waals surface area contributed by atoms with E-state index in [9.17, 15) is 4.79 Å². The maximum Gasteiger partial charge on any atom is 0.407 e. The second kappa shape index (κ2) is 10.2. The molecule has 0 unspecified atom stereocenters. The van der Waals surface area contributed by atoms with Crippen molar-refractivity contribution in [3.05, 3.63) is 77.4 Å². The minimum absolute atomic E-state index is 0.288. The number of nitrogens with one attached hydrogen (secondary N) is 1. The lowest BCUT2D eigenvalue weighted by Crippen LogP contribution is -2.24. The first-order valence-corrected chi connectivity index (χ1v) is 8.18. The Hall–Kier alpha value is -2.59. The number of amides is 1. The van der Waals surface area contributed by atoms with Gasteiger partial charge >= 0.3 is 6.09 Å². The van der Waals surface area contributed by atoms with Gasteiger partial charge in [-0.25, -0.2) is 4.79 Å². The van der Waals surface area contributed by atoms with Crippen LogP contribution >= 0.6 is 0 Å². The summed E-state index contributed by atoms with van der Waals surface area (Å²) in [6, 6.07) is 17.9. The molecule has 1 amide bonds. The van der Waals surface area contributed by atoms with Gasteiger partial charge in [0.2, 0.25) is 0 Å². The summed E-state index contributed by atoms with van der Waals surface area (Å²) in [5, 5.41) is 2.74. The molecule has 0 radical (unpaired) electrons. The molecule has 3 N–H and O–H groups in total. The van der Waals surface area contributed by atoms with E-state index in [2.05, 4.69) is 29.6 Å². The van der Waals surface area contributed by atoms with Gasteiger partial charge in [0.05, 0.1) is 0 Å². The Morgan fingerprint density at radius 2 is 1.88 bits per heavy atom. The highest BCUT2D eigenvalue weighted by atomic mass is 16.5. The van der Waals surface area contributed by atoms with Crippen LogP contribution in [0, 0.1) is 0 Å². The predicted octanol–water partition coefficient (Wildman–Crippen LogP) is 3.52. The zero-order valence-electron chi connectivity index (χ0n) is 13.8. The highest BCUT2D eigenvalue weighted by Gasteiger charge is 2.00. The molecule has 24 heavy (non-hydrogen) atoms. The van der Waals surface area contributed by atoms with E-state index in [-0.39, 0.29) is 6.61 Å². The van der Waals surface area contributed by atoms with E-state index < -0.39 is 6.09 Å². The van der Waals surface area contributed by atoms with E-state index in [1.54, 1.807) is 0 Å². The molecule has 0 atom stereocenters. The van der Waals surface area contributed by atoms with E-state index in [4.69, 9.17) is 10.5 Å². The smallest absolute Gasteiger partial charge is 0.407 e. The second-order valence-electron chi connectivity index (χ2n) is 5.46. The number of carbonyl (C=O) groups is 1. The summed E-state index contributed by atoms with van der Waals surface area (Å²) in [5.74, 6) is 0. The molecular formula is C20H24N2O2. The van der Waals surface area contributed by atoms with Gasteiger partial charge in [-0.2, -0.15) is 0 Å². The summed E-state index contributed by atoms with van der Waals surface area (Å²) in [4.78, 5) is 11.6. The number of hydrogen-bond donors (Lipinski definition) is 2. The summed E-state index contributed by atoms with van der Waals surface area (Å²) in [7, 11) is 0. The lowest BCUT2D eigenvalue weighted by atomic mass is 10.1. The minimum Gasteiger partial charge on any atom is -0.445 e. The summed E-state index contributed by atoms with van der Waals surface area (Å²) in [6.07, 6.45) is 5.34. The van der Waals surface area contributed by atoms with Gasteiger partial charge in [0, 0.05) is 6.54 Å². The van der Waals surface area contributed by atoms with Gasteiger partial charge in [0.25, 0.3) is 0 Å². The Labute approximate surface area is 143 Å². The lowest BCUT2D eigenvalue weighted by molar-refractivity contribution is 0.140. The van der Waals surface area contributed by atoms with Gasteiger partial charge < -0.3 is 15.8 Å². The highest BCUT2D eigenvalue weighted by Crippen LogP contribution is 2.08. The van der Waals surface area contributed by atoms with Crippen molar-refractivity contribution < 1.29 is 9.53 Å². The number of alkyl carbamates (subject to hydrolysis) is 1. The molecular weight excluding hydrogens is 300 g/mol. The van der Waals surface area contributed by atoms with Crippen molar-refractivity contribution in [2.75, 3.05) is 13.1 Å². The Kier molecular flexibility index (Phi) is 7.57. The SMILES string of the molecule is NCCc1cccc(C=CCCNC(=O)OCc2ccccc2)c1. The first kappa shape index (κ1) is 17.8. The fraction of sp³-hybridized carbons (Fsp3) is 0.250. The zero-order chi connectivity index (χ0) is 17.0. The molecule has 0 aromatic heterocycles. The molecule has 0 heterocycles. The molecule has 0 fully saturated rings. The average Bonchev–Trinajstić information content (AvgIpc) is 2.61. The van der Waals surface area contributed by atoms with Crippen molar-refractivity contribution in [1.29, 1.82) is 0 Å². The highest BCUT2D eigenvalue weighted by molar-refractivity contribution is 5.67. The molecule has 4 nitrogen and oxygen atoms in total. The van der Waals surface area contributed by atoms with Crippen LogP contribution in [0.5, 0.6) is 0 Å². The zero-order valence-corrected chi connectivity index (χ0v) is 13.8. The van der Waals surface area contributed by atoms with Crippen LogP contribution in [0.15, 0.2) is 60.7 Å². The number of hydrogen-bond acceptors (Lipinski definition) is 3. The van der Waals surface area contributed by atoms with Gasteiger partial charge in [-0.3, -0.25) is 0 Å². The summed E-state index contributed by atoms with van der Waals surface area (Å²) in [5.41, 5.74) is 8.93. The maximum absolute atomic E-state index is 11.6. The number of carbonyl (C=O) groups excluding carboxylic acids is 1. The molecule has 2 aromatic carbocycles. The molecule has 0 aliphatic rings. The summed E-state index contributed by atoms with van der Waals surface area (Å²) < 4.78 is 5.15. The largest absolute Gasteiger partial charge is 0.445 e. The summed E-state index contributed by atoms with van der Waals surface area (Å²) >= 11 is 0. The van der Waals surface area contributed by atoms with Gasteiger partial charge in [-0.15, -0.1) is 0 Å². The third-order valence-corrected chi connectivity index (χ3v) is 3.49. The van der Waals surface area contributed by atoms with E-state index in [0.29, 0.717) is 13.1 Å². The quantitative estimate of drug-likeness (QED) is 0.730. The Bertz CT molecular complexity index is 654. The lowest BCUT2D eigenvalue weighted by Gasteiger charge is -2.06. The molecule has 0 saturated heterocycles. The standard InChI is InChI=1S/C20H24N2O2/c21-13-12-18-11-6-10-17(15-18)7-4-5-14-22-20(23)24-16-19-8-2-1-3-9-19/h1-4,6-11,15H,5,12-14,16,21H2,(H,22,23). The number of rotatable bonds is 8. The molecule has 126 valence electrons. The number of ether oxygens (including phenoxy) is 1. The van der Waals surface area contributed by atoms with E-state index in [1.807, 2.05) is 42.5 Å². The van der Waals surface area contributed by atoms with Crippen LogP contribution in [0.2, 0.25) is 0 Å². The fourth-order valence-electron chi connectivity index (χ4n) is 2.27. The van der Waals surface area contributed by atoms with E-state index in [0.717, 1.165) is 24.0 Å². The molecule has 2 rings (SSSR count). The van der Waals surface area contributed by atoms with Crippen molar-refractivity contribution in [2.45, 2.75) is 19.4 Å². The Morgan fingerprint density at radius 3 is 2.67 bits per heavy atom. The van der Waals surface area contributed by atoms with Crippen LogP contribution < -0.4 is 11.1 Å². The third kappa shape index (κ3) is 6.67. The summed E-state index contributed by atoms with van der Waals surface area (Å²) in [6.45, 7) is 1.49. The molecule has 0 spiro atoms. The Balaban J connectivity index is 1.65. The monoisotopic (exact) mass is 324 g/mol. The van der Waals surface area contributed by atoms with Crippen molar-refractivity contribution >= 4 is 12.2 Å². The first-order valence-electron chi connectivity index (χ1n) is 8.18. The maximum atomic E-state index is 11.6. The van der Waals surface area contributed by atoms with Gasteiger partial charge in [-0.1, -0.05) is 66.7 Å². The fourth-order valence-corrected chi connectivity index (χ4v) is 2.27. The van der Waals surface area contributed by atoms with Crippen molar-refractivity contribution in [2.24, 2.45) is 5.73 Å². The van der Waals surface area contributed by atoms with Crippen LogP contribution in [0.3, 0.4) is 0 Å². The molecule has 0 saturated carbocycles. The predicted molar refractivity (Wildman–Crippen MR) is 97.5 cm³/mol. The van der Waals surface area contributed by atoms with Crippen LogP contribution in [0.25, 0.3) is 6.08 Å². The van der Waals surface area contributed by atoms with Crippen molar-refractivity contribution in [3.8, 4) is 0 Å². The average molecular weight is 324 g/mol.